The van der Waals surface area contributed by atoms with Crippen molar-refractivity contribution in [2.45, 2.75) is 19.4 Å². The van der Waals surface area contributed by atoms with E-state index < -0.39 is 0 Å². The highest BCUT2D eigenvalue weighted by molar-refractivity contribution is 5.58. The van der Waals surface area contributed by atoms with Gasteiger partial charge in [0.05, 0.1) is 0 Å². The van der Waals surface area contributed by atoms with Crippen molar-refractivity contribution in [2.24, 2.45) is 0 Å². The van der Waals surface area contributed by atoms with Gasteiger partial charge in [0, 0.05) is 50.8 Å². The van der Waals surface area contributed by atoms with E-state index in [0.717, 1.165) is 69.1 Å². The number of aryl methyl sites for hydroxylation is 1. The molecule has 0 aliphatic carbocycles. The summed E-state index contributed by atoms with van der Waals surface area (Å²) in [6.45, 7) is 6.79. The SMILES string of the molecule is c1ccc(CN2CCN(CCCc3cc(-c4ccccc4)no3)CC2)cc1. The van der Waals surface area contributed by atoms with Crippen LogP contribution in [0.25, 0.3) is 11.3 Å². The average molecular weight is 361 g/mol. The maximum absolute atomic E-state index is 5.52. The normalized spacial score (nSPS) is 15.9. The van der Waals surface area contributed by atoms with Crippen molar-refractivity contribution in [3.63, 3.8) is 0 Å². The van der Waals surface area contributed by atoms with E-state index in [1.165, 1.54) is 5.56 Å². The third kappa shape index (κ3) is 5.06. The summed E-state index contributed by atoms with van der Waals surface area (Å²) in [7, 11) is 0. The summed E-state index contributed by atoms with van der Waals surface area (Å²) in [4.78, 5) is 5.12. The first-order valence-corrected chi connectivity index (χ1v) is 9.86. The summed E-state index contributed by atoms with van der Waals surface area (Å²) in [5.41, 5.74) is 3.45. The van der Waals surface area contributed by atoms with Crippen molar-refractivity contribution in [2.75, 3.05) is 32.7 Å². The number of piperazine rings is 1. The van der Waals surface area contributed by atoms with Crippen molar-refractivity contribution >= 4 is 0 Å². The zero-order valence-corrected chi connectivity index (χ0v) is 15.8. The van der Waals surface area contributed by atoms with E-state index in [1.807, 2.05) is 18.2 Å². The van der Waals surface area contributed by atoms with E-state index >= 15 is 0 Å². The van der Waals surface area contributed by atoms with E-state index in [0.29, 0.717) is 0 Å². The molecule has 0 N–H and O–H groups in total. The van der Waals surface area contributed by atoms with Gasteiger partial charge in [0.15, 0.2) is 0 Å². The van der Waals surface area contributed by atoms with Crippen LogP contribution < -0.4 is 0 Å². The molecule has 0 unspecified atom stereocenters. The van der Waals surface area contributed by atoms with Crippen LogP contribution in [0.3, 0.4) is 0 Å². The van der Waals surface area contributed by atoms with Crippen LogP contribution in [0.5, 0.6) is 0 Å². The van der Waals surface area contributed by atoms with Crippen molar-refractivity contribution in [3.8, 4) is 11.3 Å². The van der Waals surface area contributed by atoms with Gasteiger partial charge in [0.2, 0.25) is 0 Å². The maximum atomic E-state index is 5.52. The molecule has 27 heavy (non-hydrogen) atoms. The first kappa shape index (κ1) is 18.0. The second kappa shape index (κ2) is 8.98. The van der Waals surface area contributed by atoms with Crippen LogP contribution in [0.4, 0.5) is 0 Å². The quantitative estimate of drug-likeness (QED) is 0.634. The van der Waals surface area contributed by atoms with Crippen molar-refractivity contribution in [1.29, 1.82) is 0 Å². The number of aromatic nitrogens is 1. The Balaban J connectivity index is 1.18. The molecule has 4 nitrogen and oxygen atoms in total. The molecule has 0 saturated carbocycles. The molecule has 0 amide bonds. The van der Waals surface area contributed by atoms with Crippen LogP contribution in [0.2, 0.25) is 0 Å². The second-order valence-electron chi connectivity index (χ2n) is 7.25. The fourth-order valence-corrected chi connectivity index (χ4v) is 3.67. The van der Waals surface area contributed by atoms with Crippen LogP contribution in [0.15, 0.2) is 71.3 Å². The number of hydrogen-bond donors (Lipinski definition) is 0. The Morgan fingerprint density at radius 2 is 1.48 bits per heavy atom. The lowest BCUT2D eigenvalue weighted by Gasteiger charge is -2.34. The molecule has 140 valence electrons. The first-order valence-electron chi connectivity index (χ1n) is 9.86. The molecule has 0 atom stereocenters. The maximum Gasteiger partial charge on any atom is 0.137 e. The molecule has 1 aliphatic heterocycles. The third-order valence-corrected chi connectivity index (χ3v) is 5.24. The zero-order chi connectivity index (χ0) is 18.3. The second-order valence-corrected chi connectivity index (χ2v) is 7.25. The average Bonchev–Trinajstić information content (AvgIpc) is 3.20. The van der Waals surface area contributed by atoms with Crippen LogP contribution >= 0.6 is 0 Å². The summed E-state index contributed by atoms with van der Waals surface area (Å²) >= 11 is 0. The lowest BCUT2D eigenvalue weighted by atomic mass is 10.1. The molecule has 0 spiro atoms. The smallest absolute Gasteiger partial charge is 0.137 e. The molecule has 0 radical (unpaired) electrons. The first-order chi connectivity index (χ1) is 13.4. The molecule has 3 aromatic rings. The van der Waals surface area contributed by atoms with Crippen LogP contribution in [-0.4, -0.2) is 47.7 Å². The minimum atomic E-state index is 0.931. The fourth-order valence-electron chi connectivity index (χ4n) is 3.67. The Kier molecular flexibility index (Phi) is 5.97. The topological polar surface area (TPSA) is 32.5 Å². The summed E-state index contributed by atoms with van der Waals surface area (Å²) in [5.74, 6) is 0.983. The van der Waals surface area contributed by atoms with E-state index in [-0.39, 0.29) is 0 Å². The van der Waals surface area contributed by atoms with Gasteiger partial charge in [-0.05, 0) is 18.5 Å². The third-order valence-electron chi connectivity index (χ3n) is 5.24. The van der Waals surface area contributed by atoms with Gasteiger partial charge in [0.25, 0.3) is 0 Å². The molecule has 1 aliphatic rings. The van der Waals surface area contributed by atoms with Crippen molar-refractivity contribution in [1.82, 2.24) is 15.0 Å². The Morgan fingerprint density at radius 3 is 2.22 bits per heavy atom. The van der Waals surface area contributed by atoms with Gasteiger partial charge in [-0.15, -0.1) is 0 Å². The molecule has 2 heterocycles. The number of rotatable bonds is 7. The van der Waals surface area contributed by atoms with E-state index in [4.69, 9.17) is 4.52 Å². The highest BCUT2D eigenvalue weighted by atomic mass is 16.5. The minimum Gasteiger partial charge on any atom is -0.361 e. The molecule has 1 saturated heterocycles. The van der Waals surface area contributed by atoms with Gasteiger partial charge < -0.3 is 9.42 Å². The molecular weight excluding hydrogens is 334 g/mol. The van der Waals surface area contributed by atoms with E-state index in [9.17, 15) is 0 Å². The molecule has 1 aromatic heterocycles. The van der Waals surface area contributed by atoms with E-state index in [1.54, 1.807) is 0 Å². The van der Waals surface area contributed by atoms with Gasteiger partial charge >= 0.3 is 0 Å². The molecule has 1 fully saturated rings. The van der Waals surface area contributed by atoms with Crippen LogP contribution in [-0.2, 0) is 13.0 Å². The Morgan fingerprint density at radius 1 is 0.815 bits per heavy atom. The van der Waals surface area contributed by atoms with Gasteiger partial charge in [-0.25, -0.2) is 0 Å². The Hall–Kier alpha value is -2.43. The summed E-state index contributed by atoms with van der Waals surface area (Å²) in [6.07, 6.45) is 2.06. The summed E-state index contributed by atoms with van der Waals surface area (Å²) in [6, 6.07) is 23.0. The molecule has 4 heteroatoms. The zero-order valence-electron chi connectivity index (χ0n) is 15.8. The number of benzene rings is 2. The Labute approximate surface area is 161 Å². The lowest BCUT2D eigenvalue weighted by molar-refractivity contribution is 0.126. The lowest BCUT2D eigenvalue weighted by Crippen LogP contribution is -2.46. The Bertz CT molecular complexity index is 808. The fraction of sp³-hybridized carbons (Fsp3) is 0.348. The van der Waals surface area contributed by atoms with Gasteiger partial charge in [-0.3, -0.25) is 4.90 Å². The number of nitrogens with zero attached hydrogens (tertiary/aromatic N) is 3. The molecule has 4 rings (SSSR count). The predicted octanol–water partition coefficient (Wildman–Crippen LogP) is 4.09. The van der Waals surface area contributed by atoms with Crippen molar-refractivity contribution in [3.05, 3.63) is 78.1 Å². The largest absolute Gasteiger partial charge is 0.361 e. The standard InChI is InChI=1S/C23H27N3O/c1-3-8-20(9-4-1)19-26-16-14-25(15-17-26)13-7-12-22-18-23(24-27-22)21-10-5-2-6-11-21/h1-6,8-11,18H,7,12-17,19H2. The monoisotopic (exact) mass is 361 g/mol. The highest BCUT2D eigenvalue weighted by Gasteiger charge is 2.16. The van der Waals surface area contributed by atoms with Gasteiger partial charge in [-0.2, -0.15) is 0 Å². The molecular formula is C23H27N3O. The molecule has 0 bridgehead atoms. The van der Waals surface area contributed by atoms with E-state index in [2.05, 4.69) is 63.5 Å². The predicted molar refractivity (Wildman–Crippen MR) is 108 cm³/mol. The van der Waals surface area contributed by atoms with Crippen LogP contribution in [0, 0.1) is 0 Å². The summed E-state index contributed by atoms with van der Waals surface area (Å²) < 4.78 is 5.52. The van der Waals surface area contributed by atoms with Gasteiger partial charge in [0.1, 0.15) is 11.5 Å². The highest BCUT2D eigenvalue weighted by Crippen LogP contribution is 2.19. The van der Waals surface area contributed by atoms with Crippen LogP contribution in [0.1, 0.15) is 17.7 Å². The minimum absolute atomic E-state index is 0.931. The van der Waals surface area contributed by atoms with Crippen molar-refractivity contribution < 1.29 is 4.52 Å². The van der Waals surface area contributed by atoms with Gasteiger partial charge in [-0.1, -0.05) is 65.8 Å². The summed E-state index contributed by atoms with van der Waals surface area (Å²) in [5, 5.41) is 4.21. The molecule has 2 aromatic carbocycles. The number of hydrogen-bond acceptors (Lipinski definition) is 4.